The minimum absolute atomic E-state index is 0.485. The molecule has 1 unspecified atom stereocenters. The van der Waals surface area contributed by atoms with Crippen LogP contribution in [-0.4, -0.2) is 17.2 Å². The molecule has 1 fully saturated rings. The van der Waals surface area contributed by atoms with E-state index in [2.05, 4.69) is 31.4 Å². The standard InChI is InChI=1S/C10H20N2S/c1-7(2)6-8(3)11-10(13)12-9-4-5-9/h7-9H,4-6H2,1-3H3,(H2,11,12,13). The molecule has 0 aromatic heterocycles. The first-order valence-corrected chi connectivity index (χ1v) is 5.55. The quantitative estimate of drug-likeness (QED) is 0.679. The molecule has 2 nitrogen and oxygen atoms in total. The molecule has 0 radical (unpaired) electrons. The Morgan fingerprint density at radius 1 is 1.38 bits per heavy atom. The van der Waals surface area contributed by atoms with Crippen LogP contribution < -0.4 is 10.6 Å². The summed E-state index contributed by atoms with van der Waals surface area (Å²) in [6.45, 7) is 6.64. The van der Waals surface area contributed by atoms with Crippen molar-refractivity contribution in [2.24, 2.45) is 5.92 Å². The summed E-state index contributed by atoms with van der Waals surface area (Å²) in [5.41, 5.74) is 0. The van der Waals surface area contributed by atoms with Crippen LogP contribution in [0.2, 0.25) is 0 Å². The van der Waals surface area contributed by atoms with Crippen LogP contribution in [0.3, 0.4) is 0 Å². The van der Waals surface area contributed by atoms with E-state index in [0.29, 0.717) is 12.1 Å². The molecule has 76 valence electrons. The topological polar surface area (TPSA) is 24.1 Å². The van der Waals surface area contributed by atoms with Crippen molar-refractivity contribution in [3.63, 3.8) is 0 Å². The van der Waals surface area contributed by atoms with Crippen LogP contribution in [0, 0.1) is 5.92 Å². The number of hydrogen-bond acceptors (Lipinski definition) is 1. The van der Waals surface area contributed by atoms with Crippen LogP contribution in [0.4, 0.5) is 0 Å². The first-order valence-electron chi connectivity index (χ1n) is 5.15. The number of hydrogen-bond donors (Lipinski definition) is 2. The number of rotatable bonds is 4. The molecular formula is C10H20N2S. The van der Waals surface area contributed by atoms with E-state index < -0.39 is 0 Å². The number of nitrogens with one attached hydrogen (secondary N) is 2. The van der Waals surface area contributed by atoms with Gasteiger partial charge in [-0.15, -0.1) is 0 Å². The highest BCUT2D eigenvalue weighted by molar-refractivity contribution is 7.80. The summed E-state index contributed by atoms with van der Waals surface area (Å²) >= 11 is 5.18. The fourth-order valence-electron chi connectivity index (χ4n) is 1.44. The molecule has 0 aromatic rings. The Kier molecular flexibility index (Phi) is 3.97. The van der Waals surface area contributed by atoms with E-state index in [-0.39, 0.29) is 0 Å². The van der Waals surface area contributed by atoms with Gasteiger partial charge in [-0.1, -0.05) is 13.8 Å². The average molecular weight is 200 g/mol. The highest BCUT2D eigenvalue weighted by Crippen LogP contribution is 2.18. The summed E-state index contributed by atoms with van der Waals surface area (Å²) in [7, 11) is 0. The molecule has 2 N–H and O–H groups in total. The zero-order valence-electron chi connectivity index (χ0n) is 8.76. The largest absolute Gasteiger partial charge is 0.360 e. The van der Waals surface area contributed by atoms with E-state index in [1.807, 2.05) is 0 Å². The molecule has 1 aliphatic rings. The molecule has 0 heterocycles. The SMILES string of the molecule is CC(C)CC(C)NC(=S)NC1CC1. The summed E-state index contributed by atoms with van der Waals surface area (Å²) in [5, 5.41) is 7.41. The predicted molar refractivity (Wildman–Crippen MR) is 60.8 cm³/mol. The first-order chi connectivity index (χ1) is 6.08. The van der Waals surface area contributed by atoms with Crippen molar-refractivity contribution in [2.75, 3.05) is 0 Å². The summed E-state index contributed by atoms with van der Waals surface area (Å²) < 4.78 is 0. The second kappa shape index (κ2) is 4.80. The van der Waals surface area contributed by atoms with Crippen molar-refractivity contribution < 1.29 is 0 Å². The van der Waals surface area contributed by atoms with Gasteiger partial charge in [-0.25, -0.2) is 0 Å². The maximum Gasteiger partial charge on any atom is 0.166 e. The van der Waals surface area contributed by atoms with E-state index in [9.17, 15) is 0 Å². The smallest absolute Gasteiger partial charge is 0.166 e. The van der Waals surface area contributed by atoms with Gasteiger partial charge in [0.15, 0.2) is 5.11 Å². The fraction of sp³-hybridized carbons (Fsp3) is 0.900. The zero-order valence-corrected chi connectivity index (χ0v) is 9.58. The van der Waals surface area contributed by atoms with E-state index in [1.165, 1.54) is 19.3 Å². The van der Waals surface area contributed by atoms with Gasteiger partial charge in [0.05, 0.1) is 0 Å². The number of thiocarbonyl (C=S) groups is 1. The third-order valence-corrected chi connectivity index (χ3v) is 2.35. The Hall–Kier alpha value is -0.310. The molecule has 1 aliphatic carbocycles. The van der Waals surface area contributed by atoms with E-state index in [4.69, 9.17) is 12.2 Å². The summed E-state index contributed by atoms with van der Waals surface area (Å²) in [6, 6.07) is 1.14. The molecule has 0 aromatic carbocycles. The van der Waals surface area contributed by atoms with Crippen molar-refractivity contribution in [3.8, 4) is 0 Å². The van der Waals surface area contributed by atoms with Gasteiger partial charge in [0.25, 0.3) is 0 Å². The summed E-state index contributed by atoms with van der Waals surface area (Å²) in [4.78, 5) is 0. The van der Waals surface area contributed by atoms with Gasteiger partial charge >= 0.3 is 0 Å². The molecular weight excluding hydrogens is 180 g/mol. The van der Waals surface area contributed by atoms with Gasteiger partial charge in [0, 0.05) is 12.1 Å². The van der Waals surface area contributed by atoms with Crippen LogP contribution in [0.15, 0.2) is 0 Å². The van der Waals surface area contributed by atoms with Gasteiger partial charge in [-0.2, -0.15) is 0 Å². The van der Waals surface area contributed by atoms with Crippen LogP contribution in [0.1, 0.15) is 40.0 Å². The van der Waals surface area contributed by atoms with Crippen molar-refractivity contribution in [1.82, 2.24) is 10.6 Å². The Labute approximate surface area is 86.5 Å². The second-order valence-corrected chi connectivity index (χ2v) is 4.83. The molecule has 1 saturated carbocycles. The van der Waals surface area contributed by atoms with E-state index in [0.717, 1.165) is 11.0 Å². The molecule has 1 rings (SSSR count). The molecule has 0 spiro atoms. The average Bonchev–Trinajstić information content (AvgIpc) is 2.67. The van der Waals surface area contributed by atoms with Gasteiger partial charge < -0.3 is 10.6 Å². The third-order valence-electron chi connectivity index (χ3n) is 2.12. The van der Waals surface area contributed by atoms with Crippen molar-refractivity contribution in [2.45, 2.75) is 52.1 Å². The summed E-state index contributed by atoms with van der Waals surface area (Å²) in [6.07, 6.45) is 3.73. The highest BCUT2D eigenvalue weighted by atomic mass is 32.1. The Balaban J connectivity index is 2.10. The highest BCUT2D eigenvalue weighted by Gasteiger charge is 2.22. The molecule has 13 heavy (non-hydrogen) atoms. The lowest BCUT2D eigenvalue weighted by molar-refractivity contribution is 0.488. The Morgan fingerprint density at radius 3 is 2.46 bits per heavy atom. The lowest BCUT2D eigenvalue weighted by atomic mass is 10.1. The van der Waals surface area contributed by atoms with Crippen LogP contribution in [0.25, 0.3) is 0 Å². The van der Waals surface area contributed by atoms with Crippen LogP contribution >= 0.6 is 12.2 Å². The normalized spacial score (nSPS) is 18.5. The Bertz CT molecular complexity index is 176. The fourth-order valence-corrected chi connectivity index (χ4v) is 1.81. The molecule has 0 aliphatic heterocycles. The first kappa shape index (κ1) is 10.8. The lowest BCUT2D eigenvalue weighted by Crippen LogP contribution is -2.41. The minimum Gasteiger partial charge on any atom is -0.360 e. The molecule has 1 atom stereocenters. The molecule has 0 saturated heterocycles. The third kappa shape index (κ3) is 5.09. The van der Waals surface area contributed by atoms with E-state index in [1.54, 1.807) is 0 Å². The van der Waals surface area contributed by atoms with Crippen molar-refractivity contribution >= 4 is 17.3 Å². The van der Waals surface area contributed by atoms with Gasteiger partial charge in [-0.3, -0.25) is 0 Å². The minimum atomic E-state index is 0.485. The second-order valence-electron chi connectivity index (χ2n) is 4.42. The predicted octanol–water partition coefficient (Wildman–Crippen LogP) is 2.05. The van der Waals surface area contributed by atoms with Crippen molar-refractivity contribution in [1.29, 1.82) is 0 Å². The zero-order chi connectivity index (χ0) is 9.84. The van der Waals surface area contributed by atoms with Crippen LogP contribution in [-0.2, 0) is 0 Å². The van der Waals surface area contributed by atoms with E-state index >= 15 is 0 Å². The van der Waals surface area contributed by atoms with Crippen molar-refractivity contribution in [3.05, 3.63) is 0 Å². The van der Waals surface area contributed by atoms with Crippen LogP contribution in [0.5, 0.6) is 0 Å². The van der Waals surface area contributed by atoms with Gasteiger partial charge in [0.1, 0.15) is 0 Å². The maximum absolute atomic E-state index is 5.18. The van der Waals surface area contributed by atoms with Gasteiger partial charge in [-0.05, 0) is 44.3 Å². The molecule has 0 amide bonds. The Morgan fingerprint density at radius 2 is 2.00 bits per heavy atom. The molecule has 3 heteroatoms. The summed E-state index contributed by atoms with van der Waals surface area (Å²) in [5.74, 6) is 0.728. The molecule has 0 bridgehead atoms. The monoisotopic (exact) mass is 200 g/mol. The van der Waals surface area contributed by atoms with Gasteiger partial charge in [0.2, 0.25) is 0 Å². The lowest BCUT2D eigenvalue weighted by Gasteiger charge is -2.18. The maximum atomic E-state index is 5.18.